The molecule has 5 nitrogen and oxygen atoms in total. The number of rotatable bonds is 7. The molecule has 0 aliphatic rings. The van der Waals surface area contributed by atoms with E-state index in [0.29, 0.717) is 17.9 Å². The van der Waals surface area contributed by atoms with Gasteiger partial charge in [0.25, 0.3) is 0 Å². The molecule has 2 amide bonds. The van der Waals surface area contributed by atoms with Gasteiger partial charge in [0.2, 0.25) is 11.8 Å². The minimum Gasteiger partial charge on any atom is -0.326 e. The smallest absolute Gasteiger partial charge is 0.238 e. The summed E-state index contributed by atoms with van der Waals surface area (Å²) in [5.74, 6) is -0.170. The average molecular weight is 353 g/mol. The van der Waals surface area contributed by atoms with Gasteiger partial charge >= 0.3 is 0 Å². The lowest BCUT2D eigenvalue weighted by molar-refractivity contribution is -0.117. The van der Waals surface area contributed by atoms with Gasteiger partial charge in [-0.2, -0.15) is 0 Å². The molecule has 2 rings (SSSR count). The third-order valence-electron chi connectivity index (χ3n) is 4.20. The number of likely N-dealkylation sites (N-methyl/N-ethyl adjacent to an activating group) is 1. The molecule has 5 heteroatoms. The highest BCUT2D eigenvalue weighted by Gasteiger charge is 2.11. The highest BCUT2D eigenvalue weighted by molar-refractivity contribution is 5.93. The Morgan fingerprint density at radius 3 is 2.15 bits per heavy atom. The summed E-state index contributed by atoms with van der Waals surface area (Å²) < 4.78 is 0. The van der Waals surface area contributed by atoms with Crippen molar-refractivity contribution < 1.29 is 9.59 Å². The number of hydrogen-bond donors (Lipinski definition) is 2. The van der Waals surface area contributed by atoms with Crippen LogP contribution in [0.4, 0.5) is 11.4 Å². The fourth-order valence-electron chi connectivity index (χ4n) is 2.73. The van der Waals surface area contributed by atoms with E-state index >= 15 is 0 Å². The number of nitrogens with one attached hydrogen (secondary N) is 2. The average Bonchev–Trinajstić information content (AvgIpc) is 2.58. The summed E-state index contributed by atoms with van der Waals surface area (Å²) in [6.07, 6.45) is 0. The van der Waals surface area contributed by atoms with Gasteiger partial charge in [0.15, 0.2) is 0 Å². The van der Waals surface area contributed by atoms with Crippen LogP contribution in [0.1, 0.15) is 30.5 Å². The Hall–Kier alpha value is -2.66. The zero-order valence-corrected chi connectivity index (χ0v) is 15.9. The van der Waals surface area contributed by atoms with E-state index in [2.05, 4.69) is 54.5 Å². The number of nitrogens with zero attached hydrogens (tertiary/aromatic N) is 1. The largest absolute Gasteiger partial charge is 0.326 e. The molecule has 0 fully saturated rings. The number of amides is 2. The lowest BCUT2D eigenvalue weighted by atomic mass is 10.1. The molecule has 0 unspecified atom stereocenters. The molecule has 0 atom stereocenters. The van der Waals surface area contributed by atoms with E-state index in [1.54, 1.807) is 24.3 Å². The fourth-order valence-corrected chi connectivity index (χ4v) is 2.73. The third kappa shape index (κ3) is 6.01. The molecule has 0 radical (unpaired) electrons. The van der Waals surface area contributed by atoms with E-state index in [1.807, 2.05) is 0 Å². The lowest BCUT2D eigenvalue weighted by Crippen LogP contribution is -2.33. The van der Waals surface area contributed by atoms with Crippen molar-refractivity contribution in [1.82, 2.24) is 4.90 Å². The van der Waals surface area contributed by atoms with Crippen LogP contribution in [0.3, 0.4) is 0 Å². The molecule has 2 N–H and O–H groups in total. The van der Waals surface area contributed by atoms with Crippen LogP contribution in [0.2, 0.25) is 0 Å². The highest BCUT2D eigenvalue weighted by atomic mass is 16.2. The van der Waals surface area contributed by atoms with Crippen LogP contribution in [0.5, 0.6) is 0 Å². The van der Waals surface area contributed by atoms with E-state index in [0.717, 1.165) is 13.1 Å². The van der Waals surface area contributed by atoms with Crippen LogP contribution >= 0.6 is 0 Å². The number of carbonyl (C=O) groups excluding carboxylic acids is 2. The number of benzene rings is 2. The molecule has 0 bridgehead atoms. The van der Waals surface area contributed by atoms with Crippen molar-refractivity contribution in [1.29, 1.82) is 0 Å². The van der Waals surface area contributed by atoms with Crippen molar-refractivity contribution in [3.05, 3.63) is 59.2 Å². The van der Waals surface area contributed by atoms with Gasteiger partial charge in [-0.15, -0.1) is 0 Å². The van der Waals surface area contributed by atoms with Crippen molar-refractivity contribution >= 4 is 23.2 Å². The zero-order chi connectivity index (χ0) is 19.1. The van der Waals surface area contributed by atoms with Crippen LogP contribution in [0, 0.1) is 13.8 Å². The van der Waals surface area contributed by atoms with E-state index in [-0.39, 0.29) is 11.8 Å². The Labute approximate surface area is 155 Å². The van der Waals surface area contributed by atoms with E-state index in [9.17, 15) is 9.59 Å². The lowest BCUT2D eigenvalue weighted by Gasteiger charge is -2.21. The predicted molar refractivity (Wildman–Crippen MR) is 106 cm³/mol. The minimum atomic E-state index is -0.119. The molecule has 0 saturated carbocycles. The molecule has 2 aromatic carbocycles. The van der Waals surface area contributed by atoms with Gasteiger partial charge in [-0.1, -0.05) is 30.7 Å². The van der Waals surface area contributed by atoms with Crippen molar-refractivity contribution in [2.45, 2.75) is 34.2 Å². The molecule has 0 spiro atoms. The second-order valence-electron chi connectivity index (χ2n) is 6.54. The Kier molecular flexibility index (Phi) is 6.92. The van der Waals surface area contributed by atoms with Crippen LogP contribution in [0.25, 0.3) is 0 Å². The first-order chi connectivity index (χ1) is 12.4. The van der Waals surface area contributed by atoms with E-state index in [1.165, 1.54) is 23.6 Å². The molecular formula is C21H27N3O2. The summed E-state index contributed by atoms with van der Waals surface area (Å²) >= 11 is 0. The summed E-state index contributed by atoms with van der Waals surface area (Å²) in [6, 6.07) is 13.5. The monoisotopic (exact) mass is 353 g/mol. The maximum absolute atomic E-state index is 12.4. The van der Waals surface area contributed by atoms with Crippen molar-refractivity contribution in [2.75, 3.05) is 23.7 Å². The first-order valence-corrected chi connectivity index (χ1v) is 8.83. The Balaban J connectivity index is 1.94. The van der Waals surface area contributed by atoms with E-state index in [4.69, 9.17) is 0 Å². The van der Waals surface area contributed by atoms with Crippen molar-refractivity contribution in [2.24, 2.45) is 0 Å². The summed E-state index contributed by atoms with van der Waals surface area (Å²) in [4.78, 5) is 25.5. The fraction of sp³-hybridized carbons (Fsp3) is 0.333. The molecule has 0 saturated heterocycles. The van der Waals surface area contributed by atoms with Gasteiger partial charge in [-0.05, 0) is 55.8 Å². The van der Waals surface area contributed by atoms with Crippen LogP contribution in [-0.4, -0.2) is 29.8 Å². The van der Waals surface area contributed by atoms with Gasteiger partial charge in [0.05, 0.1) is 6.54 Å². The normalized spacial score (nSPS) is 10.7. The molecule has 0 aliphatic carbocycles. The summed E-state index contributed by atoms with van der Waals surface area (Å²) in [7, 11) is 0. The topological polar surface area (TPSA) is 61.4 Å². The zero-order valence-electron chi connectivity index (χ0n) is 15.9. The molecule has 26 heavy (non-hydrogen) atoms. The number of anilines is 2. The maximum atomic E-state index is 12.4. The molecule has 2 aromatic rings. The second kappa shape index (κ2) is 9.15. The Bertz CT molecular complexity index is 769. The van der Waals surface area contributed by atoms with Crippen molar-refractivity contribution in [3.63, 3.8) is 0 Å². The van der Waals surface area contributed by atoms with Gasteiger partial charge < -0.3 is 10.6 Å². The molecular weight excluding hydrogens is 326 g/mol. The van der Waals surface area contributed by atoms with Crippen LogP contribution in [-0.2, 0) is 16.1 Å². The van der Waals surface area contributed by atoms with Gasteiger partial charge in [-0.3, -0.25) is 14.5 Å². The van der Waals surface area contributed by atoms with Gasteiger partial charge in [0.1, 0.15) is 0 Å². The molecule has 0 heterocycles. The van der Waals surface area contributed by atoms with Crippen molar-refractivity contribution in [3.8, 4) is 0 Å². The quantitative estimate of drug-likeness (QED) is 0.797. The first kappa shape index (κ1) is 19.7. The van der Waals surface area contributed by atoms with Crippen LogP contribution < -0.4 is 10.6 Å². The Morgan fingerprint density at radius 2 is 1.58 bits per heavy atom. The Morgan fingerprint density at radius 1 is 0.962 bits per heavy atom. The third-order valence-corrected chi connectivity index (χ3v) is 4.20. The summed E-state index contributed by atoms with van der Waals surface area (Å²) in [5, 5.41) is 5.61. The second-order valence-corrected chi connectivity index (χ2v) is 6.54. The molecule has 0 aromatic heterocycles. The SMILES string of the molecule is CCN(CC(=O)Nc1ccc(NC(C)=O)cc1)Cc1cc(C)ccc1C. The number of aryl methyl sites for hydroxylation is 2. The number of hydrogen-bond acceptors (Lipinski definition) is 3. The molecule has 138 valence electrons. The van der Waals surface area contributed by atoms with E-state index < -0.39 is 0 Å². The standard InChI is InChI=1S/C21H27N3O2/c1-5-24(13-18-12-15(2)6-7-16(18)3)14-21(26)23-20-10-8-19(9-11-20)22-17(4)25/h6-12H,5,13-14H2,1-4H3,(H,22,25)(H,23,26). The molecule has 0 aliphatic heterocycles. The maximum Gasteiger partial charge on any atom is 0.238 e. The summed E-state index contributed by atoms with van der Waals surface area (Å²) in [5.41, 5.74) is 5.14. The predicted octanol–water partition coefficient (Wildman–Crippen LogP) is 3.72. The minimum absolute atomic E-state index is 0.0515. The van der Waals surface area contributed by atoms with Gasteiger partial charge in [0, 0.05) is 24.8 Å². The van der Waals surface area contributed by atoms with Gasteiger partial charge in [-0.25, -0.2) is 0 Å². The van der Waals surface area contributed by atoms with Crippen LogP contribution in [0.15, 0.2) is 42.5 Å². The summed E-state index contributed by atoms with van der Waals surface area (Å²) in [6.45, 7) is 9.57. The highest BCUT2D eigenvalue weighted by Crippen LogP contribution is 2.15. The first-order valence-electron chi connectivity index (χ1n) is 8.83. The number of carbonyl (C=O) groups is 2.